The van der Waals surface area contributed by atoms with Gasteiger partial charge in [0.25, 0.3) is 11.8 Å². The second kappa shape index (κ2) is 11.5. The van der Waals surface area contributed by atoms with Crippen molar-refractivity contribution in [3.05, 3.63) is 52.7 Å². The largest absolute Gasteiger partial charge is 0.435 e. The van der Waals surface area contributed by atoms with E-state index in [0.29, 0.717) is 31.6 Å². The summed E-state index contributed by atoms with van der Waals surface area (Å²) in [5, 5.41) is 9.65. The minimum atomic E-state index is -4.68. The number of hydrogen-bond acceptors (Lipinski definition) is 6. The van der Waals surface area contributed by atoms with Crippen molar-refractivity contribution in [2.45, 2.75) is 62.8 Å². The van der Waals surface area contributed by atoms with Crippen LogP contribution in [0.2, 0.25) is 5.02 Å². The van der Waals surface area contributed by atoms with E-state index in [-0.39, 0.29) is 63.4 Å². The van der Waals surface area contributed by atoms with Crippen LogP contribution in [0.3, 0.4) is 0 Å². The van der Waals surface area contributed by atoms with E-state index < -0.39 is 17.8 Å². The van der Waals surface area contributed by atoms with E-state index in [1.807, 2.05) is 0 Å². The van der Waals surface area contributed by atoms with Gasteiger partial charge >= 0.3 is 12.2 Å². The lowest BCUT2D eigenvalue weighted by atomic mass is 9.77. The molecule has 7 rings (SSSR count). The Hall–Kier alpha value is -4.11. The quantitative estimate of drug-likeness (QED) is 0.357. The average Bonchev–Trinajstić information content (AvgIpc) is 3.53. The first-order valence-corrected chi connectivity index (χ1v) is 16.1. The molecule has 16 heteroatoms. The highest BCUT2D eigenvalue weighted by atomic mass is 35.5. The number of piperazine rings is 1. The first-order valence-electron chi connectivity index (χ1n) is 15.7. The van der Waals surface area contributed by atoms with E-state index in [0.717, 1.165) is 38.5 Å². The number of alkyl halides is 3. The van der Waals surface area contributed by atoms with Crippen molar-refractivity contribution in [3.8, 4) is 11.3 Å². The molecule has 0 unspecified atom stereocenters. The van der Waals surface area contributed by atoms with Gasteiger partial charge < -0.3 is 30.7 Å². The maximum Gasteiger partial charge on any atom is 0.435 e. The number of carbonyl (C=O) groups is 3. The number of urea groups is 1. The van der Waals surface area contributed by atoms with Gasteiger partial charge in [-0.15, -0.1) is 0 Å². The number of imidazole rings is 1. The van der Waals surface area contributed by atoms with Gasteiger partial charge in [0.1, 0.15) is 0 Å². The fraction of sp³-hybridized carbons (Fsp3) is 0.516. The number of nitrogens with one attached hydrogen (secondary N) is 2. The molecule has 3 aromatic rings. The van der Waals surface area contributed by atoms with Crippen molar-refractivity contribution >= 4 is 35.1 Å². The van der Waals surface area contributed by atoms with Gasteiger partial charge in [-0.2, -0.15) is 18.3 Å². The number of nitrogens with two attached hydrogens (primary N) is 1. The summed E-state index contributed by atoms with van der Waals surface area (Å²) in [5.74, 6) is -1.08. The van der Waals surface area contributed by atoms with Crippen molar-refractivity contribution in [2.75, 3.05) is 31.5 Å². The third-order valence-corrected chi connectivity index (χ3v) is 10.3. The summed E-state index contributed by atoms with van der Waals surface area (Å²) in [7, 11) is 1.47. The molecule has 12 nitrogen and oxygen atoms in total. The van der Waals surface area contributed by atoms with E-state index in [2.05, 4.69) is 20.7 Å². The Morgan fingerprint density at radius 2 is 1.74 bits per heavy atom. The highest BCUT2D eigenvalue weighted by Gasteiger charge is 2.54. The minimum absolute atomic E-state index is 0.0731. The van der Waals surface area contributed by atoms with Crippen molar-refractivity contribution < 1.29 is 27.6 Å². The molecule has 0 bridgehead atoms. The van der Waals surface area contributed by atoms with Crippen LogP contribution in [0.5, 0.6) is 0 Å². The minimum Gasteiger partial charge on any atom is -0.335 e. The Labute approximate surface area is 273 Å². The molecule has 3 saturated carbocycles. The molecular formula is C31H35ClF3N9O3. The van der Waals surface area contributed by atoms with Gasteiger partial charge in [-0.1, -0.05) is 11.6 Å². The monoisotopic (exact) mass is 673 g/mol. The summed E-state index contributed by atoms with van der Waals surface area (Å²) in [4.78, 5) is 46.3. The first-order chi connectivity index (χ1) is 22.3. The summed E-state index contributed by atoms with van der Waals surface area (Å²) in [6.45, 7) is 1.42. The number of amides is 4. The van der Waals surface area contributed by atoms with Gasteiger partial charge in [0.15, 0.2) is 11.5 Å². The van der Waals surface area contributed by atoms with Crippen LogP contribution in [0, 0.1) is 5.41 Å². The molecule has 4 aliphatic rings. The fourth-order valence-corrected chi connectivity index (χ4v) is 7.10. The summed E-state index contributed by atoms with van der Waals surface area (Å²) < 4.78 is 44.7. The van der Waals surface area contributed by atoms with Crippen LogP contribution in [0.1, 0.15) is 71.2 Å². The molecule has 1 aromatic carbocycles. The van der Waals surface area contributed by atoms with Crippen molar-refractivity contribution in [3.63, 3.8) is 0 Å². The van der Waals surface area contributed by atoms with E-state index in [9.17, 15) is 27.6 Å². The molecule has 1 saturated heterocycles. The first kappa shape index (κ1) is 31.5. The van der Waals surface area contributed by atoms with Crippen LogP contribution < -0.4 is 16.4 Å². The number of rotatable bonds is 6. The van der Waals surface area contributed by atoms with E-state index >= 15 is 0 Å². The second-order valence-electron chi connectivity index (χ2n) is 13.3. The fourth-order valence-electron chi connectivity index (χ4n) is 6.84. The highest BCUT2D eigenvalue weighted by Crippen LogP contribution is 2.65. The molecule has 3 aliphatic carbocycles. The normalized spacial score (nSPS) is 22.1. The Morgan fingerprint density at radius 3 is 2.36 bits per heavy atom. The van der Waals surface area contributed by atoms with Gasteiger partial charge in [-0.05, 0) is 62.1 Å². The lowest BCUT2D eigenvalue weighted by Gasteiger charge is -2.38. The van der Waals surface area contributed by atoms with Gasteiger partial charge in [0.05, 0.1) is 34.1 Å². The van der Waals surface area contributed by atoms with Gasteiger partial charge in [-0.25, -0.2) is 9.78 Å². The zero-order valence-electron chi connectivity index (χ0n) is 25.7. The predicted octanol–water partition coefficient (Wildman–Crippen LogP) is 4.28. The zero-order valence-corrected chi connectivity index (χ0v) is 26.4. The summed E-state index contributed by atoms with van der Waals surface area (Å²) in [6, 6.07) is 4.43. The summed E-state index contributed by atoms with van der Waals surface area (Å²) in [5.41, 5.74) is 5.55. The lowest BCUT2D eigenvalue weighted by Crippen LogP contribution is -2.57. The molecule has 1 aliphatic heterocycles. The molecule has 0 atom stereocenters. The molecular weight excluding hydrogens is 639 g/mol. The smallest absolute Gasteiger partial charge is 0.335 e. The zero-order chi connectivity index (χ0) is 33.2. The van der Waals surface area contributed by atoms with Crippen LogP contribution in [-0.4, -0.2) is 85.2 Å². The number of carbonyl (C=O) groups excluding carboxylic acids is 3. The molecule has 4 amide bonds. The van der Waals surface area contributed by atoms with E-state index in [1.165, 1.54) is 46.9 Å². The van der Waals surface area contributed by atoms with Crippen LogP contribution in [-0.2, 0) is 13.2 Å². The van der Waals surface area contributed by atoms with Crippen molar-refractivity contribution in [1.29, 1.82) is 0 Å². The maximum atomic E-state index is 14.0. The molecule has 3 heterocycles. The SMILES string of the molecule is Cn1c(-c2cn(C3CC4(CC4)C3)nc2C(F)(F)F)cnc1C(=O)Nc1ccc(C(=O)N2CCN(C(=O)NC3CC(N)C3)CC2)c(Cl)c1. The molecule has 4 N–H and O–H groups in total. The average molecular weight is 674 g/mol. The number of nitrogens with zero attached hydrogens (tertiary/aromatic N) is 6. The maximum absolute atomic E-state index is 14.0. The van der Waals surface area contributed by atoms with Gasteiger partial charge in [-0.3, -0.25) is 14.3 Å². The van der Waals surface area contributed by atoms with Crippen molar-refractivity contribution in [1.82, 2.24) is 34.4 Å². The van der Waals surface area contributed by atoms with Crippen LogP contribution >= 0.6 is 11.6 Å². The Morgan fingerprint density at radius 1 is 1.06 bits per heavy atom. The van der Waals surface area contributed by atoms with Crippen LogP contribution in [0.25, 0.3) is 11.3 Å². The summed E-state index contributed by atoms with van der Waals surface area (Å²) in [6.07, 6.45) is 3.35. The molecule has 47 heavy (non-hydrogen) atoms. The van der Waals surface area contributed by atoms with Crippen LogP contribution in [0.4, 0.5) is 23.7 Å². The number of hydrogen-bond donors (Lipinski definition) is 3. The summed E-state index contributed by atoms with van der Waals surface area (Å²) >= 11 is 6.46. The van der Waals surface area contributed by atoms with Crippen LogP contribution in [0.15, 0.2) is 30.6 Å². The standard InChI is InChI=1S/C31H35ClF3N9O3/c1-41-24(22-16-44(40-25(22)31(33,34)35)20-13-30(14-20)4-5-30)15-37-26(41)27(45)38-18-2-3-21(23(32)12-18)28(46)42-6-8-43(9-7-42)29(47)39-19-10-17(36)11-19/h2-3,12,15-17,19-20H,4-11,13-14,36H2,1H3,(H,38,45)(H,39,47). The van der Waals surface area contributed by atoms with Crippen molar-refractivity contribution in [2.24, 2.45) is 18.2 Å². The van der Waals surface area contributed by atoms with E-state index in [4.69, 9.17) is 17.3 Å². The lowest BCUT2D eigenvalue weighted by molar-refractivity contribution is -0.141. The third kappa shape index (κ3) is 6.06. The second-order valence-corrected chi connectivity index (χ2v) is 13.7. The Bertz CT molecular complexity index is 1730. The number of anilines is 1. The number of aromatic nitrogens is 4. The molecule has 0 radical (unpaired) electrons. The third-order valence-electron chi connectivity index (χ3n) is 9.95. The topological polar surface area (TPSA) is 143 Å². The Kier molecular flexibility index (Phi) is 7.73. The molecule has 1 spiro atoms. The predicted molar refractivity (Wildman–Crippen MR) is 166 cm³/mol. The highest BCUT2D eigenvalue weighted by molar-refractivity contribution is 6.34. The van der Waals surface area contributed by atoms with Gasteiger partial charge in [0, 0.05) is 57.2 Å². The number of benzene rings is 1. The Balaban J connectivity index is 0.992. The number of halogens is 4. The van der Waals surface area contributed by atoms with Gasteiger partial charge in [0.2, 0.25) is 0 Å². The molecule has 250 valence electrons. The molecule has 2 aromatic heterocycles. The van der Waals surface area contributed by atoms with E-state index in [1.54, 1.807) is 9.80 Å². The molecule has 4 fully saturated rings.